The van der Waals surface area contributed by atoms with E-state index in [1.54, 1.807) is 17.0 Å². The van der Waals surface area contributed by atoms with Gasteiger partial charge in [0.2, 0.25) is 11.8 Å². The molecule has 1 saturated carbocycles. The van der Waals surface area contributed by atoms with Crippen molar-refractivity contribution in [1.82, 2.24) is 15.2 Å². The fourth-order valence-electron chi connectivity index (χ4n) is 3.95. The summed E-state index contributed by atoms with van der Waals surface area (Å²) in [7, 11) is 0. The minimum absolute atomic E-state index is 0.0926. The van der Waals surface area contributed by atoms with E-state index in [9.17, 15) is 14.4 Å². The lowest BCUT2D eigenvalue weighted by Crippen LogP contribution is -2.42. The number of rotatable bonds is 6. The molecule has 2 N–H and O–H groups in total. The molecule has 8 heteroatoms. The van der Waals surface area contributed by atoms with Crippen LogP contribution < -0.4 is 10.6 Å². The van der Waals surface area contributed by atoms with E-state index in [0.717, 1.165) is 24.1 Å². The van der Waals surface area contributed by atoms with Crippen molar-refractivity contribution in [2.45, 2.75) is 31.8 Å². The standard InChI is InChI=1S/C24H22N4O3S/c1-14-6-8-15(9-7-14)19-13-32-24(26-19)27-20(29)12-25-22(30)21-17-4-2-3-5-18(17)23(31)28(21)16-10-11-16/h2-9,13,16,21H,10-12H2,1H3,(H,25,30)(H,26,27,29). The second-order valence-electron chi connectivity index (χ2n) is 8.10. The lowest BCUT2D eigenvalue weighted by molar-refractivity contribution is -0.127. The van der Waals surface area contributed by atoms with E-state index < -0.39 is 6.04 Å². The fraction of sp³-hybridized carbons (Fsp3) is 0.250. The lowest BCUT2D eigenvalue weighted by Gasteiger charge is -2.24. The van der Waals surface area contributed by atoms with Gasteiger partial charge in [0.05, 0.1) is 12.2 Å². The van der Waals surface area contributed by atoms with Crippen molar-refractivity contribution in [3.8, 4) is 11.3 Å². The zero-order valence-electron chi connectivity index (χ0n) is 17.5. The largest absolute Gasteiger partial charge is 0.345 e. The van der Waals surface area contributed by atoms with E-state index in [1.807, 2.05) is 48.7 Å². The SMILES string of the molecule is Cc1ccc(-c2csc(NC(=O)CNC(=O)C3c4ccccc4C(=O)N3C3CC3)n2)cc1. The van der Waals surface area contributed by atoms with Crippen LogP contribution in [0.4, 0.5) is 5.13 Å². The van der Waals surface area contributed by atoms with Gasteiger partial charge in [-0.25, -0.2) is 4.98 Å². The van der Waals surface area contributed by atoms with Crippen molar-refractivity contribution >= 4 is 34.2 Å². The number of carbonyl (C=O) groups is 3. The van der Waals surface area contributed by atoms with Crippen LogP contribution in [0.1, 0.15) is 40.4 Å². The number of nitrogens with one attached hydrogen (secondary N) is 2. The lowest BCUT2D eigenvalue weighted by atomic mass is 10.0. The van der Waals surface area contributed by atoms with Gasteiger partial charge in [0.1, 0.15) is 6.04 Å². The van der Waals surface area contributed by atoms with Crippen LogP contribution in [0.3, 0.4) is 0 Å². The van der Waals surface area contributed by atoms with Crippen molar-refractivity contribution in [3.63, 3.8) is 0 Å². The number of fused-ring (bicyclic) bond motifs is 1. The highest BCUT2D eigenvalue weighted by atomic mass is 32.1. The van der Waals surface area contributed by atoms with E-state index in [2.05, 4.69) is 15.6 Å². The molecule has 0 saturated heterocycles. The second kappa shape index (κ2) is 8.20. The van der Waals surface area contributed by atoms with Crippen LogP contribution in [0, 0.1) is 6.92 Å². The average molecular weight is 447 g/mol. The number of benzene rings is 2. The van der Waals surface area contributed by atoms with Crippen LogP contribution in [0.15, 0.2) is 53.9 Å². The molecule has 1 aliphatic heterocycles. The Hall–Kier alpha value is -3.52. The smallest absolute Gasteiger partial charge is 0.255 e. The molecule has 1 aromatic heterocycles. The first-order valence-corrected chi connectivity index (χ1v) is 11.4. The van der Waals surface area contributed by atoms with Gasteiger partial charge in [-0.15, -0.1) is 11.3 Å². The summed E-state index contributed by atoms with van der Waals surface area (Å²) in [6.45, 7) is 1.83. The third kappa shape index (κ3) is 3.89. The summed E-state index contributed by atoms with van der Waals surface area (Å²) in [6, 6.07) is 14.6. The van der Waals surface area contributed by atoms with Gasteiger partial charge in [0, 0.05) is 22.5 Å². The van der Waals surface area contributed by atoms with Crippen LogP contribution in [-0.2, 0) is 9.59 Å². The minimum atomic E-state index is -0.688. The predicted octanol–water partition coefficient (Wildman–Crippen LogP) is 3.53. The molecule has 2 aromatic carbocycles. The normalized spacial score (nSPS) is 17.2. The van der Waals surface area contributed by atoms with Crippen LogP contribution in [0.2, 0.25) is 0 Å². The summed E-state index contributed by atoms with van der Waals surface area (Å²) in [5, 5.41) is 7.79. The molecule has 0 radical (unpaired) electrons. The Bertz CT molecular complexity index is 1200. The monoisotopic (exact) mass is 446 g/mol. The molecule has 1 unspecified atom stereocenters. The number of aryl methyl sites for hydroxylation is 1. The topological polar surface area (TPSA) is 91.4 Å². The highest BCUT2D eigenvalue weighted by Crippen LogP contribution is 2.41. The second-order valence-corrected chi connectivity index (χ2v) is 8.96. The van der Waals surface area contributed by atoms with E-state index in [1.165, 1.54) is 16.9 Å². The molecular formula is C24H22N4O3S. The van der Waals surface area contributed by atoms with Crippen LogP contribution >= 0.6 is 11.3 Å². The molecule has 1 fully saturated rings. The Morgan fingerprint density at radius 1 is 1.12 bits per heavy atom. The molecule has 0 bridgehead atoms. The number of hydrogen-bond donors (Lipinski definition) is 2. The fourth-order valence-corrected chi connectivity index (χ4v) is 4.68. The molecule has 162 valence electrons. The maximum Gasteiger partial charge on any atom is 0.255 e. The Kier molecular flexibility index (Phi) is 5.22. The summed E-state index contributed by atoms with van der Waals surface area (Å²) < 4.78 is 0. The Morgan fingerprint density at radius 3 is 2.62 bits per heavy atom. The number of aromatic nitrogens is 1. The van der Waals surface area contributed by atoms with Crippen molar-refractivity contribution in [3.05, 3.63) is 70.6 Å². The summed E-state index contributed by atoms with van der Waals surface area (Å²) in [6.07, 6.45) is 1.80. The van der Waals surface area contributed by atoms with Gasteiger partial charge >= 0.3 is 0 Å². The van der Waals surface area contributed by atoms with Gasteiger partial charge in [0.25, 0.3) is 5.91 Å². The first-order valence-electron chi connectivity index (χ1n) is 10.5. The van der Waals surface area contributed by atoms with E-state index in [0.29, 0.717) is 16.3 Å². The molecule has 1 atom stereocenters. The molecule has 3 aromatic rings. The molecule has 2 aliphatic rings. The van der Waals surface area contributed by atoms with Crippen molar-refractivity contribution < 1.29 is 14.4 Å². The summed E-state index contributed by atoms with van der Waals surface area (Å²) in [5.74, 6) is -0.817. The van der Waals surface area contributed by atoms with E-state index >= 15 is 0 Å². The van der Waals surface area contributed by atoms with Crippen molar-refractivity contribution in [1.29, 1.82) is 0 Å². The third-order valence-corrected chi connectivity index (χ3v) is 6.47. The molecule has 32 heavy (non-hydrogen) atoms. The van der Waals surface area contributed by atoms with Gasteiger partial charge < -0.3 is 15.5 Å². The van der Waals surface area contributed by atoms with E-state index in [4.69, 9.17) is 0 Å². The quantitative estimate of drug-likeness (QED) is 0.606. The predicted molar refractivity (Wildman–Crippen MR) is 122 cm³/mol. The highest BCUT2D eigenvalue weighted by molar-refractivity contribution is 7.14. The van der Waals surface area contributed by atoms with Gasteiger partial charge in [-0.2, -0.15) is 0 Å². The molecule has 7 nitrogen and oxygen atoms in total. The van der Waals surface area contributed by atoms with Crippen molar-refractivity contribution in [2.75, 3.05) is 11.9 Å². The number of hydrogen-bond acceptors (Lipinski definition) is 5. The Labute approximate surface area is 189 Å². The molecular weight excluding hydrogens is 424 g/mol. The zero-order valence-corrected chi connectivity index (χ0v) is 18.3. The molecule has 3 amide bonds. The number of carbonyl (C=O) groups excluding carboxylic acids is 3. The molecule has 1 aliphatic carbocycles. The number of nitrogens with zero attached hydrogens (tertiary/aromatic N) is 2. The van der Waals surface area contributed by atoms with Gasteiger partial charge in [-0.3, -0.25) is 14.4 Å². The average Bonchev–Trinajstić information content (AvgIpc) is 3.45. The minimum Gasteiger partial charge on any atom is -0.345 e. The van der Waals surface area contributed by atoms with Crippen LogP contribution in [0.25, 0.3) is 11.3 Å². The van der Waals surface area contributed by atoms with Gasteiger partial charge in [-0.05, 0) is 31.4 Å². The maximum absolute atomic E-state index is 13.0. The van der Waals surface area contributed by atoms with Crippen molar-refractivity contribution in [2.24, 2.45) is 0 Å². The van der Waals surface area contributed by atoms with Crippen LogP contribution in [0.5, 0.6) is 0 Å². The maximum atomic E-state index is 13.0. The summed E-state index contributed by atoms with van der Waals surface area (Å²) in [5.41, 5.74) is 4.20. The molecule has 5 rings (SSSR count). The number of anilines is 1. The zero-order chi connectivity index (χ0) is 22.2. The Morgan fingerprint density at radius 2 is 1.88 bits per heavy atom. The number of thiazole rings is 1. The molecule has 0 spiro atoms. The first kappa shape index (κ1) is 20.4. The third-order valence-electron chi connectivity index (χ3n) is 5.71. The summed E-state index contributed by atoms with van der Waals surface area (Å²) >= 11 is 1.33. The van der Waals surface area contributed by atoms with Crippen LogP contribution in [-0.4, -0.2) is 40.2 Å². The molecule has 2 heterocycles. The van der Waals surface area contributed by atoms with Gasteiger partial charge in [-0.1, -0.05) is 48.0 Å². The Balaban J connectivity index is 1.22. The van der Waals surface area contributed by atoms with Gasteiger partial charge in [0.15, 0.2) is 5.13 Å². The highest BCUT2D eigenvalue weighted by Gasteiger charge is 2.47. The first-order chi connectivity index (χ1) is 15.5. The summed E-state index contributed by atoms with van der Waals surface area (Å²) in [4.78, 5) is 44.3. The van der Waals surface area contributed by atoms with E-state index in [-0.39, 0.29) is 30.3 Å². The number of amides is 3.